The van der Waals surface area contributed by atoms with Crippen LogP contribution in [0.2, 0.25) is 0 Å². The molecule has 0 aliphatic rings. The lowest BCUT2D eigenvalue weighted by Gasteiger charge is -2.11. The number of rotatable bonds is 2. The molecule has 0 saturated heterocycles. The third-order valence-electron chi connectivity index (χ3n) is 2.50. The van der Waals surface area contributed by atoms with Gasteiger partial charge in [-0.3, -0.25) is 0 Å². The van der Waals surface area contributed by atoms with Crippen molar-refractivity contribution in [2.24, 2.45) is 0 Å². The van der Waals surface area contributed by atoms with E-state index < -0.39 is 17.5 Å². The minimum Gasteiger partial charge on any atom is -0.396 e. The van der Waals surface area contributed by atoms with Gasteiger partial charge in [-0.25, -0.2) is 18.2 Å². The van der Waals surface area contributed by atoms with E-state index in [1.54, 1.807) is 13.0 Å². The lowest BCUT2D eigenvalue weighted by atomic mass is 10.2. The Balaban J connectivity index is 2.41. The second-order valence-corrected chi connectivity index (χ2v) is 3.74. The first-order valence-corrected chi connectivity index (χ1v) is 5.12. The third kappa shape index (κ3) is 2.09. The van der Waals surface area contributed by atoms with Gasteiger partial charge >= 0.3 is 0 Å². The maximum absolute atomic E-state index is 13.4. The van der Waals surface area contributed by atoms with Gasteiger partial charge in [-0.15, -0.1) is 0 Å². The molecule has 0 atom stereocenters. The van der Waals surface area contributed by atoms with Crippen LogP contribution in [0.25, 0.3) is 0 Å². The Bertz CT molecular complexity index is 599. The molecule has 0 aliphatic carbocycles. The molecule has 0 aliphatic heterocycles. The van der Waals surface area contributed by atoms with Gasteiger partial charge in [0, 0.05) is 6.20 Å². The number of nitrogens with zero attached hydrogens (tertiary/aromatic N) is 1. The van der Waals surface area contributed by atoms with E-state index in [0.29, 0.717) is 5.69 Å². The molecular formula is C12H10F3N3. The van der Waals surface area contributed by atoms with Crippen LogP contribution in [0.4, 0.5) is 30.4 Å². The summed E-state index contributed by atoms with van der Waals surface area (Å²) in [6.07, 6.45) is 1.48. The summed E-state index contributed by atoms with van der Waals surface area (Å²) < 4.78 is 39.2. The van der Waals surface area contributed by atoms with Crippen molar-refractivity contribution in [3.8, 4) is 0 Å². The van der Waals surface area contributed by atoms with Crippen molar-refractivity contribution in [2.75, 3.05) is 11.1 Å². The number of aromatic nitrogens is 1. The molecule has 1 aromatic carbocycles. The Labute approximate surface area is 101 Å². The first-order chi connectivity index (χ1) is 8.50. The van der Waals surface area contributed by atoms with E-state index in [-0.39, 0.29) is 11.5 Å². The number of nitrogen functional groups attached to an aromatic ring is 1. The molecule has 6 heteroatoms. The molecule has 2 aromatic rings. The lowest BCUT2D eigenvalue weighted by Crippen LogP contribution is -2.04. The van der Waals surface area contributed by atoms with Crippen LogP contribution in [-0.2, 0) is 0 Å². The maximum atomic E-state index is 13.4. The van der Waals surface area contributed by atoms with Gasteiger partial charge in [0.2, 0.25) is 0 Å². The highest BCUT2D eigenvalue weighted by molar-refractivity contribution is 5.71. The lowest BCUT2D eigenvalue weighted by molar-refractivity contribution is 0.449. The fraction of sp³-hybridized carbons (Fsp3) is 0.0833. The average molecular weight is 253 g/mol. The number of anilines is 3. The van der Waals surface area contributed by atoms with Crippen LogP contribution in [0.1, 0.15) is 5.56 Å². The fourth-order valence-corrected chi connectivity index (χ4v) is 1.42. The van der Waals surface area contributed by atoms with E-state index in [9.17, 15) is 13.2 Å². The summed E-state index contributed by atoms with van der Waals surface area (Å²) in [5.41, 5.74) is 6.58. The van der Waals surface area contributed by atoms with Crippen LogP contribution in [0.5, 0.6) is 0 Å². The van der Waals surface area contributed by atoms with Crippen molar-refractivity contribution in [2.45, 2.75) is 6.92 Å². The molecule has 18 heavy (non-hydrogen) atoms. The SMILES string of the molecule is Cc1ccnc(Nc2ccc(F)c(F)c2F)c1N. The van der Waals surface area contributed by atoms with Gasteiger partial charge in [0.1, 0.15) is 0 Å². The zero-order valence-electron chi connectivity index (χ0n) is 9.47. The Hall–Kier alpha value is -2.24. The molecule has 0 unspecified atom stereocenters. The Morgan fingerprint density at radius 1 is 1.11 bits per heavy atom. The highest BCUT2D eigenvalue weighted by Crippen LogP contribution is 2.26. The number of hydrogen-bond acceptors (Lipinski definition) is 3. The van der Waals surface area contributed by atoms with Gasteiger partial charge in [-0.1, -0.05) is 0 Å². The van der Waals surface area contributed by atoms with Gasteiger partial charge in [0.15, 0.2) is 23.3 Å². The summed E-state index contributed by atoms with van der Waals surface area (Å²) in [4.78, 5) is 3.91. The van der Waals surface area contributed by atoms with Crippen molar-refractivity contribution in [1.29, 1.82) is 0 Å². The first-order valence-electron chi connectivity index (χ1n) is 5.12. The van der Waals surface area contributed by atoms with E-state index in [4.69, 9.17) is 5.73 Å². The zero-order valence-corrected chi connectivity index (χ0v) is 9.47. The van der Waals surface area contributed by atoms with Gasteiger partial charge in [0.25, 0.3) is 0 Å². The number of halogens is 3. The summed E-state index contributed by atoms with van der Waals surface area (Å²) in [5.74, 6) is -3.90. The summed E-state index contributed by atoms with van der Waals surface area (Å²) in [6.45, 7) is 1.75. The number of nitrogens with two attached hydrogens (primary N) is 1. The maximum Gasteiger partial charge on any atom is 0.196 e. The minimum absolute atomic E-state index is 0.194. The van der Waals surface area contributed by atoms with E-state index in [1.165, 1.54) is 6.20 Å². The van der Waals surface area contributed by atoms with E-state index in [0.717, 1.165) is 17.7 Å². The monoisotopic (exact) mass is 253 g/mol. The van der Waals surface area contributed by atoms with Gasteiger partial charge in [-0.2, -0.15) is 0 Å². The number of aryl methyl sites for hydroxylation is 1. The minimum atomic E-state index is -1.54. The number of benzene rings is 1. The highest BCUT2D eigenvalue weighted by atomic mass is 19.2. The van der Waals surface area contributed by atoms with Crippen molar-refractivity contribution >= 4 is 17.2 Å². The third-order valence-corrected chi connectivity index (χ3v) is 2.50. The Morgan fingerprint density at radius 2 is 1.83 bits per heavy atom. The second kappa shape index (κ2) is 4.56. The molecule has 2 rings (SSSR count). The molecule has 0 spiro atoms. The van der Waals surface area contributed by atoms with Crippen molar-refractivity contribution in [1.82, 2.24) is 4.98 Å². The van der Waals surface area contributed by atoms with Crippen LogP contribution in [0, 0.1) is 24.4 Å². The summed E-state index contributed by atoms with van der Waals surface area (Å²) in [6, 6.07) is 3.59. The Morgan fingerprint density at radius 3 is 2.56 bits per heavy atom. The van der Waals surface area contributed by atoms with Crippen LogP contribution < -0.4 is 11.1 Å². The van der Waals surface area contributed by atoms with Gasteiger partial charge in [0.05, 0.1) is 11.4 Å². The molecule has 0 amide bonds. The van der Waals surface area contributed by atoms with Crippen molar-refractivity contribution in [3.05, 3.63) is 47.4 Å². The van der Waals surface area contributed by atoms with Gasteiger partial charge < -0.3 is 11.1 Å². The van der Waals surface area contributed by atoms with Crippen molar-refractivity contribution < 1.29 is 13.2 Å². The molecule has 94 valence electrons. The molecule has 3 nitrogen and oxygen atoms in total. The average Bonchev–Trinajstić information content (AvgIpc) is 2.35. The largest absolute Gasteiger partial charge is 0.396 e. The Kier molecular flexibility index (Phi) is 3.10. The molecular weight excluding hydrogens is 243 g/mol. The van der Waals surface area contributed by atoms with E-state index >= 15 is 0 Å². The number of hydrogen-bond donors (Lipinski definition) is 2. The zero-order chi connectivity index (χ0) is 13.3. The van der Waals surface area contributed by atoms with E-state index in [2.05, 4.69) is 10.3 Å². The highest BCUT2D eigenvalue weighted by Gasteiger charge is 2.14. The quantitative estimate of drug-likeness (QED) is 0.808. The van der Waals surface area contributed by atoms with Crippen LogP contribution in [0.3, 0.4) is 0 Å². The predicted octanol–water partition coefficient (Wildman–Crippen LogP) is 3.13. The topological polar surface area (TPSA) is 50.9 Å². The van der Waals surface area contributed by atoms with Crippen LogP contribution in [0.15, 0.2) is 24.4 Å². The summed E-state index contributed by atoms with van der Waals surface area (Å²) >= 11 is 0. The first kappa shape index (κ1) is 12.2. The summed E-state index contributed by atoms with van der Waals surface area (Å²) in [7, 11) is 0. The predicted molar refractivity (Wildman–Crippen MR) is 63.0 cm³/mol. The molecule has 1 heterocycles. The second-order valence-electron chi connectivity index (χ2n) is 3.74. The van der Waals surface area contributed by atoms with Crippen molar-refractivity contribution in [3.63, 3.8) is 0 Å². The smallest absolute Gasteiger partial charge is 0.196 e. The van der Waals surface area contributed by atoms with E-state index in [1.807, 2.05) is 0 Å². The molecule has 1 aromatic heterocycles. The van der Waals surface area contributed by atoms with Crippen LogP contribution >= 0.6 is 0 Å². The molecule has 0 fully saturated rings. The molecule has 0 radical (unpaired) electrons. The van der Waals surface area contributed by atoms with Crippen LogP contribution in [-0.4, -0.2) is 4.98 Å². The van der Waals surface area contributed by atoms with Gasteiger partial charge in [-0.05, 0) is 30.7 Å². The fourth-order valence-electron chi connectivity index (χ4n) is 1.42. The normalized spacial score (nSPS) is 10.4. The molecule has 3 N–H and O–H groups in total. The number of pyridine rings is 1. The standard InChI is InChI=1S/C12H10F3N3/c1-6-4-5-17-12(11(6)16)18-8-3-2-7(13)9(14)10(8)15/h2-5H,16H2,1H3,(H,17,18). The summed E-state index contributed by atoms with van der Waals surface area (Å²) in [5, 5.41) is 2.53. The number of nitrogens with one attached hydrogen (secondary N) is 1. The molecule has 0 saturated carbocycles. The molecule has 0 bridgehead atoms.